The number of carbonyl (C=O) groups excluding carboxylic acids is 2. The van der Waals surface area contributed by atoms with Crippen LogP contribution in [0.3, 0.4) is 0 Å². The molecular formula is C24H43ClN6O3. The van der Waals surface area contributed by atoms with E-state index in [0.717, 1.165) is 77.2 Å². The number of halogens is 1. The Morgan fingerprint density at radius 2 is 1.82 bits per heavy atom. The predicted octanol–water partition coefficient (Wildman–Crippen LogP) is 1.98. The van der Waals surface area contributed by atoms with Crippen LogP contribution in [0.4, 0.5) is 0 Å². The van der Waals surface area contributed by atoms with Crippen LogP contribution < -0.4 is 32.3 Å². The van der Waals surface area contributed by atoms with Gasteiger partial charge in [0.05, 0.1) is 12.3 Å². The Bertz CT molecular complexity index is 663. The van der Waals surface area contributed by atoms with Crippen molar-refractivity contribution < 1.29 is 14.4 Å². The summed E-state index contributed by atoms with van der Waals surface area (Å²) < 4.78 is 0. The van der Waals surface area contributed by atoms with E-state index in [0.29, 0.717) is 30.2 Å². The first-order valence-electron chi connectivity index (χ1n) is 13.5. The number of hydrazine groups is 1. The highest BCUT2D eigenvalue weighted by molar-refractivity contribution is 6.20. The molecule has 4 rings (SSSR count). The molecule has 34 heavy (non-hydrogen) atoms. The lowest BCUT2D eigenvalue weighted by atomic mass is 9.76. The van der Waals surface area contributed by atoms with Crippen LogP contribution in [0.1, 0.15) is 83.5 Å². The SMILES string of the molecule is O=C(CCCC1NC(C2CCC(Cl)CC2)NO1)NCCCCNC1NNC(=O)C2CCCCC12. The largest absolute Gasteiger partial charge is 0.356 e. The minimum atomic E-state index is -0.0282. The molecule has 194 valence electrons. The Kier molecular flexibility index (Phi) is 10.3. The van der Waals surface area contributed by atoms with Gasteiger partial charge in [-0.2, -0.15) is 5.48 Å². The zero-order chi connectivity index (χ0) is 23.8. The highest BCUT2D eigenvalue weighted by Crippen LogP contribution is 2.33. The Labute approximate surface area is 208 Å². The average Bonchev–Trinajstić information content (AvgIpc) is 3.32. The smallest absolute Gasteiger partial charge is 0.237 e. The van der Waals surface area contributed by atoms with Crippen molar-refractivity contribution in [3.63, 3.8) is 0 Å². The zero-order valence-electron chi connectivity index (χ0n) is 20.3. The first-order valence-corrected chi connectivity index (χ1v) is 13.9. The van der Waals surface area contributed by atoms with Gasteiger partial charge in [-0.05, 0) is 76.7 Å². The highest BCUT2D eigenvalue weighted by Gasteiger charge is 2.39. The first-order chi connectivity index (χ1) is 16.6. The molecule has 0 bridgehead atoms. The van der Waals surface area contributed by atoms with Crippen molar-refractivity contribution in [1.29, 1.82) is 0 Å². The topological polar surface area (TPSA) is 116 Å². The predicted molar refractivity (Wildman–Crippen MR) is 131 cm³/mol. The van der Waals surface area contributed by atoms with Crippen LogP contribution in [0.25, 0.3) is 0 Å². The number of fused-ring (bicyclic) bond motifs is 1. The van der Waals surface area contributed by atoms with Gasteiger partial charge in [0.15, 0.2) is 0 Å². The zero-order valence-corrected chi connectivity index (χ0v) is 21.0. The van der Waals surface area contributed by atoms with Gasteiger partial charge < -0.3 is 10.6 Å². The van der Waals surface area contributed by atoms with Crippen molar-refractivity contribution in [2.45, 2.75) is 107 Å². The maximum absolute atomic E-state index is 12.2. The Morgan fingerprint density at radius 3 is 2.68 bits per heavy atom. The number of hydrogen-bond donors (Lipinski definition) is 6. The number of unbranched alkanes of at least 4 members (excludes halogenated alkanes) is 1. The van der Waals surface area contributed by atoms with E-state index in [1.54, 1.807) is 0 Å². The minimum Gasteiger partial charge on any atom is -0.356 e. The van der Waals surface area contributed by atoms with E-state index in [2.05, 4.69) is 32.3 Å². The second-order valence-electron chi connectivity index (χ2n) is 10.5. The lowest BCUT2D eigenvalue weighted by Crippen LogP contribution is -2.64. The van der Waals surface area contributed by atoms with E-state index in [-0.39, 0.29) is 36.3 Å². The number of alkyl halides is 1. The molecule has 5 unspecified atom stereocenters. The summed E-state index contributed by atoms with van der Waals surface area (Å²) in [4.78, 5) is 29.9. The fourth-order valence-electron chi connectivity index (χ4n) is 5.92. The molecule has 10 heteroatoms. The molecule has 2 amide bonds. The maximum atomic E-state index is 12.2. The van der Waals surface area contributed by atoms with Gasteiger partial charge in [0, 0.05) is 30.2 Å². The highest BCUT2D eigenvalue weighted by atomic mass is 35.5. The van der Waals surface area contributed by atoms with Crippen molar-refractivity contribution in [2.24, 2.45) is 17.8 Å². The van der Waals surface area contributed by atoms with Gasteiger partial charge >= 0.3 is 0 Å². The van der Waals surface area contributed by atoms with Crippen LogP contribution in [-0.2, 0) is 14.4 Å². The van der Waals surface area contributed by atoms with Crippen molar-refractivity contribution >= 4 is 23.4 Å². The van der Waals surface area contributed by atoms with Crippen LogP contribution in [0, 0.1) is 17.8 Å². The van der Waals surface area contributed by atoms with Crippen LogP contribution in [0.2, 0.25) is 0 Å². The molecule has 9 nitrogen and oxygen atoms in total. The average molecular weight is 499 g/mol. The summed E-state index contributed by atoms with van der Waals surface area (Å²) >= 11 is 6.21. The van der Waals surface area contributed by atoms with Crippen LogP contribution >= 0.6 is 11.6 Å². The molecule has 0 aromatic heterocycles. The maximum Gasteiger partial charge on any atom is 0.237 e. The van der Waals surface area contributed by atoms with E-state index in [4.69, 9.17) is 16.4 Å². The van der Waals surface area contributed by atoms with Gasteiger partial charge in [-0.1, -0.05) is 12.8 Å². The molecule has 0 aromatic carbocycles. The molecule has 4 aliphatic rings. The normalized spacial score (nSPS) is 36.0. The minimum absolute atomic E-state index is 0.0282. The van der Waals surface area contributed by atoms with Gasteiger partial charge in [0.1, 0.15) is 6.23 Å². The molecule has 4 fully saturated rings. The van der Waals surface area contributed by atoms with Gasteiger partial charge in [-0.15, -0.1) is 11.6 Å². The second kappa shape index (κ2) is 13.4. The molecule has 2 aliphatic heterocycles. The lowest BCUT2D eigenvalue weighted by molar-refractivity contribution is -0.134. The number of nitrogens with one attached hydrogen (secondary N) is 6. The fraction of sp³-hybridized carbons (Fsp3) is 0.917. The van der Waals surface area contributed by atoms with E-state index in [9.17, 15) is 9.59 Å². The number of rotatable bonds is 11. The molecule has 0 aromatic rings. The Morgan fingerprint density at radius 1 is 1.03 bits per heavy atom. The summed E-state index contributed by atoms with van der Waals surface area (Å²) in [7, 11) is 0. The first kappa shape index (κ1) is 26.1. The Balaban J connectivity index is 0.997. The van der Waals surface area contributed by atoms with Crippen LogP contribution in [0.15, 0.2) is 0 Å². The fourth-order valence-corrected chi connectivity index (χ4v) is 6.17. The Hall–Kier alpha value is -0.970. The van der Waals surface area contributed by atoms with Gasteiger partial charge in [0.2, 0.25) is 11.8 Å². The second-order valence-corrected chi connectivity index (χ2v) is 11.1. The van der Waals surface area contributed by atoms with Gasteiger partial charge in [-0.25, -0.2) is 5.43 Å². The molecule has 2 saturated heterocycles. The summed E-state index contributed by atoms with van der Waals surface area (Å²) in [6.07, 6.45) is 13.2. The number of hydrogen-bond acceptors (Lipinski definition) is 7. The van der Waals surface area contributed by atoms with Crippen LogP contribution in [-0.4, -0.2) is 48.8 Å². The molecule has 6 N–H and O–H groups in total. The number of amides is 2. The van der Waals surface area contributed by atoms with Gasteiger partial charge in [-0.3, -0.25) is 25.2 Å². The third kappa shape index (κ3) is 7.51. The summed E-state index contributed by atoms with van der Waals surface area (Å²) in [6, 6.07) is 0. The molecule has 2 heterocycles. The quantitative estimate of drug-likeness (QED) is 0.190. The summed E-state index contributed by atoms with van der Waals surface area (Å²) in [5.74, 6) is 1.34. The van der Waals surface area contributed by atoms with E-state index < -0.39 is 0 Å². The molecule has 0 radical (unpaired) electrons. The van der Waals surface area contributed by atoms with E-state index in [1.165, 1.54) is 6.42 Å². The molecule has 2 saturated carbocycles. The molecule has 2 aliphatic carbocycles. The molecule has 5 atom stereocenters. The number of hydroxylamine groups is 1. The molecule has 0 spiro atoms. The third-order valence-electron chi connectivity index (χ3n) is 7.97. The van der Waals surface area contributed by atoms with E-state index >= 15 is 0 Å². The number of carbonyl (C=O) groups is 2. The van der Waals surface area contributed by atoms with Crippen molar-refractivity contribution in [3.05, 3.63) is 0 Å². The summed E-state index contributed by atoms with van der Waals surface area (Å²) in [5, 5.41) is 10.4. The third-order valence-corrected chi connectivity index (χ3v) is 8.41. The van der Waals surface area contributed by atoms with Crippen molar-refractivity contribution in [2.75, 3.05) is 13.1 Å². The van der Waals surface area contributed by atoms with Gasteiger partial charge in [0.25, 0.3) is 0 Å². The standard InChI is InChI=1S/C24H43ClN6O3/c25-17-12-10-16(11-13-17)22-28-21(34-31-22)9-5-8-20(32)26-14-3-4-15-27-23-18-6-1-2-7-19(18)24(33)30-29-23/h16-19,21-23,27-29,31H,1-15H2,(H,26,32)(H,30,33). The van der Waals surface area contributed by atoms with Crippen molar-refractivity contribution in [3.8, 4) is 0 Å². The monoisotopic (exact) mass is 498 g/mol. The molecular weight excluding hydrogens is 456 g/mol. The lowest BCUT2D eigenvalue weighted by Gasteiger charge is -2.41. The van der Waals surface area contributed by atoms with Crippen LogP contribution in [0.5, 0.6) is 0 Å². The summed E-state index contributed by atoms with van der Waals surface area (Å²) in [6.45, 7) is 1.57. The van der Waals surface area contributed by atoms with E-state index in [1.807, 2.05) is 0 Å². The van der Waals surface area contributed by atoms with Crippen molar-refractivity contribution in [1.82, 2.24) is 32.3 Å². The summed E-state index contributed by atoms with van der Waals surface area (Å²) in [5.41, 5.74) is 9.11.